The van der Waals surface area contributed by atoms with Gasteiger partial charge in [-0.15, -0.1) is 12.4 Å². The Bertz CT molecular complexity index is 1040. The highest BCUT2D eigenvalue weighted by atomic mass is 35.5. The number of carbonyl (C=O) groups is 1. The lowest BCUT2D eigenvalue weighted by molar-refractivity contribution is 0.0696. The van der Waals surface area contributed by atoms with Crippen LogP contribution in [0, 0.1) is 0 Å². The summed E-state index contributed by atoms with van der Waals surface area (Å²) in [5.74, 6) is -0.917. The van der Waals surface area contributed by atoms with Gasteiger partial charge < -0.3 is 15.5 Å². The number of aromatic carboxylic acids is 1. The van der Waals surface area contributed by atoms with Gasteiger partial charge in [-0.05, 0) is 66.8 Å². The zero-order chi connectivity index (χ0) is 22.2. The van der Waals surface area contributed by atoms with Crippen molar-refractivity contribution in [2.75, 3.05) is 13.1 Å². The molecule has 1 atom stereocenters. The quantitative estimate of drug-likeness (QED) is 0.361. The second-order valence-electron chi connectivity index (χ2n) is 7.91. The highest BCUT2D eigenvalue weighted by molar-refractivity contribution is 5.93. The average molecular weight is 452 g/mol. The monoisotopic (exact) mass is 451 g/mol. The fraction of sp³-hybridized carbons (Fsp3) is 0.222. The number of allylic oxidation sites excluding steroid dienone is 1. The van der Waals surface area contributed by atoms with Crippen molar-refractivity contribution in [2.24, 2.45) is 0 Å². The topological polar surface area (TPSA) is 69.6 Å². The predicted octanol–water partition coefficient (Wildman–Crippen LogP) is 5.76. The van der Waals surface area contributed by atoms with Gasteiger partial charge in [0.25, 0.3) is 0 Å². The van der Waals surface area contributed by atoms with Gasteiger partial charge in [0.1, 0.15) is 0 Å². The van der Waals surface area contributed by atoms with E-state index in [0.29, 0.717) is 12.1 Å². The minimum absolute atomic E-state index is 0. The van der Waals surface area contributed by atoms with Gasteiger partial charge in [-0.25, -0.2) is 4.79 Å². The molecule has 5 heteroatoms. The predicted molar refractivity (Wildman–Crippen MR) is 133 cm³/mol. The third-order valence-corrected chi connectivity index (χ3v) is 5.13. The van der Waals surface area contributed by atoms with Gasteiger partial charge in [-0.2, -0.15) is 0 Å². The van der Waals surface area contributed by atoms with Gasteiger partial charge in [0, 0.05) is 6.54 Å². The molecule has 3 rings (SSSR count). The highest BCUT2D eigenvalue weighted by Gasteiger charge is 2.10. The van der Waals surface area contributed by atoms with Gasteiger partial charge >= 0.3 is 5.97 Å². The summed E-state index contributed by atoms with van der Waals surface area (Å²) in [6.45, 7) is 5.21. The third-order valence-electron chi connectivity index (χ3n) is 5.13. The lowest BCUT2D eigenvalue weighted by Crippen LogP contribution is -2.23. The van der Waals surface area contributed by atoms with Crippen LogP contribution in [-0.4, -0.2) is 29.3 Å². The van der Waals surface area contributed by atoms with Crippen molar-refractivity contribution in [2.45, 2.75) is 26.4 Å². The summed E-state index contributed by atoms with van der Waals surface area (Å²) in [4.78, 5) is 11.5. The smallest absolute Gasteiger partial charge is 0.336 e. The second-order valence-corrected chi connectivity index (χ2v) is 7.91. The number of carboxylic acid groups (broad SMARTS) is 1. The first-order valence-corrected chi connectivity index (χ1v) is 10.5. The summed E-state index contributed by atoms with van der Waals surface area (Å²) in [6.07, 6.45) is 2.26. The number of halogens is 1. The van der Waals surface area contributed by atoms with Crippen LogP contribution in [0.25, 0.3) is 17.2 Å². The van der Waals surface area contributed by atoms with E-state index in [9.17, 15) is 15.0 Å². The van der Waals surface area contributed by atoms with Crippen molar-refractivity contribution in [3.8, 4) is 11.1 Å². The molecule has 0 fully saturated rings. The summed E-state index contributed by atoms with van der Waals surface area (Å²) in [5.41, 5.74) is 6.25. The van der Waals surface area contributed by atoms with Gasteiger partial charge in [0.2, 0.25) is 0 Å². The molecule has 0 saturated carbocycles. The fourth-order valence-corrected chi connectivity index (χ4v) is 3.50. The fourth-order valence-electron chi connectivity index (χ4n) is 3.50. The van der Waals surface area contributed by atoms with Crippen LogP contribution in [-0.2, 0) is 6.42 Å². The van der Waals surface area contributed by atoms with Crippen molar-refractivity contribution in [1.82, 2.24) is 5.32 Å². The number of benzene rings is 3. The Morgan fingerprint density at radius 2 is 1.62 bits per heavy atom. The molecule has 0 amide bonds. The van der Waals surface area contributed by atoms with Crippen LogP contribution in [0.15, 0.2) is 78.4 Å². The maximum absolute atomic E-state index is 11.5. The number of carboxylic acids is 1. The average Bonchev–Trinajstić information content (AvgIpc) is 2.77. The zero-order valence-corrected chi connectivity index (χ0v) is 19.2. The van der Waals surface area contributed by atoms with Crippen LogP contribution in [0.3, 0.4) is 0 Å². The molecule has 0 aliphatic rings. The maximum Gasteiger partial charge on any atom is 0.336 e. The first kappa shape index (κ1) is 25.3. The molecule has 168 valence electrons. The lowest BCUT2D eigenvalue weighted by Gasteiger charge is -2.12. The molecule has 0 saturated heterocycles. The van der Waals surface area contributed by atoms with E-state index in [1.165, 1.54) is 5.56 Å². The Kier molecular flexibility index (Phi) is 9.66. The minimum atomic E-state index is -0.917. The van der Waals surface area contributed by atoms with Crippen molar-refractivity contribution in [3.63, 3.8) is 0 Å². The molecule has 0 aliphatic heterocycles. The molecule has 0 aliphatic carbocycles. The van der Waals surface area contributed by atoms with E-state index in [1.54, 1.807) is 6.07 Å². The minimum Gasteiger partial charge on any atom is -0.478 e. The van der Waals surface area contributed by atoms with Crippen LogP contribution in [0.4, 0.5) is 0 Å². The lowest BCUT2D eigenvalue weighted by atomic mass is 9.97. The molecular formula is C27H30ClNO3. The zero-order valence-electron chi connectivity index (χ0n) is 18.4. The number of aliphatic hydroxyl groups is 1. The SMILES string of the molecule is CC(C)=Cc1cc(-c2ccc(CCNC[C@@H](O)c3ccccc3)cc2)ccc1C(=O)O.Cl. The number of nitrogens with one attached hydrogen (secondary N) is 1. The second kappa shape index (κ2) is 12.2. The summed E-state index contributed by atoms with van der Waals surface area (Å²) in [6, 6.07) is 23.4. The molecule has 3 aromatic carbocycles. The molecule has 3 aromatic rings. The number of hydrogen-bond acceptors (Lipinski definition) is 3. The van der Waals surface area contributed by atoms with E-state index in [-0.39, 0.29) is 12.4 Å². The Labute approximate surface area is 196 Å². The van der Waals surface area contributed by atoms with Crippen molar-refractivity contribution in [1.29, 1.82) is 0 Å². The number of hydrogen-bond donors (Lipinski definition) is 3. The largest absolute Gasteiger partial charge is 0.478 e. The van der Waals surface area contributed by atoms with E-state index in [1.807, 2.05) is 62.4 Å². The van der Waals surface area contributed by atoms with Gasteiger partial charge in [-0.1, -0.05) is 72.3 Å². The molecule has 32 heavy (non-hydrogen) atoms. The van der Waals surface area contributed by atoms with Crippen LogP contribution < -0.4 is 5.32 Å². The van der Waals surface area contributed by atoms with Gasteiger partial charge in [-0.3, -0.25) is 0 Å². The van der Waals surface area contributed by atoms with Crippen LogP contribution >= 0.6 is 12.4 Å². The third kappa shape index (κ3) is 7.06. The van der Waals surface area contributed by atoms with Crippen LogP contribution in [0.1, 0.15) is 47.0 Å². The first-order chi connectivity index (χ1) is 14.9. The summed E-state index contributed by atoms with van der Waals surface area (Å²) in [5, 5.41) is 22.9. The normalized spacial score (nSPS) is 11.3. The standard InChI is InChI=1S/C27H29NO3.ClH/c1-19(2)16-24-17-23(12-13-25(24)27(30)31)21-10-8-20(9-11-21)14-15-28-18-26(29)22-6-4-3-5-7-22;/h3-13,16-17,26,28-29H,14-15,18H2,1-2H3,(H,30,31);1H/t26-;/m1./s1. The van der Waals surface area contributed by atoms with Crippen LogP contribution in [0.5, 0.6) is 0 Å². The molecule has 4 nitrogen and oxygen atoms in total. The number of aliphatic hydroxyl groups excluding tert-OH is 1. The van der Waals surface area contributed by atoms with Gasteiger partial charge in [0.05, 0.1) is 11.7 Å². The van der Waals surface area contributed by atoms with Crippen molar-refractivity contribution < 1.29 is 15.0 Å². The maximum atomic E-state index is 11.5. The van der Waals surface area contributed by atoms with E-state index in [0.717, 1.165) is 40.8 Å². The van der Waals surface area contributed by atoms with Crippen LogP contribution in [0.2, 0.25) is 0 Å². The Morgan fingerprint density at radius 1 is 0.969 bits per heavy atom. The molecule has 0 radical (unpaired) electrons. The molecule has 0 bridgehead atoms. The summed E-state index contributed by atoms with van der Waals surface area (Å²) < 4.78 is 0. The number of rotatable bonds is 9. The van der Waals surface area contributed by atoms with Crippen molar-refractivity contribution in [3.05, 3.63) is 101 Å². The summed E-state index contributed by atoms with van der Waals surface area (Å²) in [7, 11) is 0. The Morgan fingerprint density at radius 3 is 2.25 bits per heavy atom. The van der Waals surface area contributed by atoms with E-state index in [2.05, 4.69) is 29.6 Å². The Balaban J connectivity index is 0.00000363. The molecule has 0 aromatic heterocycles. The van der Waals surface area contributed by atoms with Gasteiger partial charge in [0.15, 0.2) is 0 Å². The van der Waals surface area contributed by atoms with Crippen molar-refractivity contribution >= 4 is 24.5 Å². The molecule has 0 spiro atoms. The van der Waals surface area contributed by atoms with E-state index >= 15 is 0 Å². The Hall–Kier alpha value is -2.92. The van der Waals surface area contributed by atoms with E-state index in [4.69, 9.17) is 0 Å². The first-order valence-electron chi connectivity index (χ1n) is 10.5. The molecular weight excluding hydrogens is 422 g/mol. The molecule has 3 N–H and O–H groups in total. The molecule has 0 unspecified atom stereocenters. The summed E-state index contributed by atoms with van der Waals surface area (Å²) >= 11 is 0. The van der Waals surface area contributed by atoms with E-state index < -0.39 is 12.1 Å². The highest BCUT2D eigenvalue weighted by Crippen LogP contribution is 2.25. The molecule has 0 heterocycles.